The van der Waals surface area contributed by atoms with E-state index in [1.165, 1.54) is 13.2 Å². The number of nitro groups is 1. The van der Waals surface area contributed by atoms with Crippen LogP contribution in [-0.4, -0.2) is 24.0 Å². The Morgan fingerprint density at radius 1 is 1.56 bits per heavy atom. The highest BCUT2D eigenvalue weighted by atomic mass is 127. The summed E-state index contributed by atoms with van der Waals surface area (Å²) in [5.74, 6) is 0.910. The molecule has 0 aliphatic heterocycles. The lowest BCUT2D eigenvalue weighted by atomic mass is 10.3. The summed E-state index contributed by atoms with van der Waals surface area (Å²) in [5.41, 5.74) is 0.0173. The second-order valence-electron chi connectivity index (χ2n) is 2.72. The lowest BCUT2D eigenvalue weighted by molar-refractivity contribution is -0.385. The molecule has 7 heteroatoms. The average molecular weight is 402 g/mol. The molecule has 0 unspecified atom stereocenters. The number of benzene rings is 1. The van der Waals surface area contributed by atoms with Crippen molar-refractivity contribution in [3.05, 3.63) is 25.8 Å². The van der Waals surface area contributed by atoms with Gasteiger partial charge in [0.05, 0.1) is 18.6 Å². The largest absolute Gasteiger partial charge is 0.492 e. The minimum Gasteiger partial charge on any atom is -0.492 e. The molecule has 0 heterocycles. The molecule has 0 saturated heterocycles. The zero-order valence-corrected chi connectivity index (χ0v) is 12.1. The molecule has 0 saturated carbocycles. The van der Waals surface area contributed by atoms with Crippen molar-refractivity contribution in [2.45, 2.75) is 0 Å². The van der Waals surface area contributed by atoms with Crippen molar-refractivity contribution in [3.63, 3.8) is 0 Å². The quantitative estimate of drug-likeness (QED) is 0.329. The smallest absolute Gasteiger partial charge is 0.286 e. The van der Waals surface area contributed by atoms with E-state index in [2.05, 4.69) is 15.9 Å². The Balaban J connectivity index is 3.13. The molecule has 0 radical (unpaired) electrons. The lowest BCUT2D eigenvalue weighted by Crippen LogP contribution is -2.02. The van der Waals surface area contributed by atoms with Crippen molar-refractivity contribution in [3.8, 4) is 11.5 Å². The minimum atomic E-state index is -0.446. The number of nitrogens with zero attached hydrogens (tertiary/aromatic N) is 1. The number of nitro benzene ring substituents is 1. The average Bonchev–Trinajstić information content (AvgIpc) is 2.25. The zero-order chi connectivity index (χ0) is 12.1. The van der Waals surface area contributed by atoms with Crippen molar-refractivity contribution in [1.29, 1.82) is 0 Å². The fourth-order valence-electron chi connectivity index (χ4n) is 1.12. The van der Waals surface area contributed by atoms with E-state index in [1.807, 2.05) is 22.6 Å². The summed E-state index contributed by atoms with van der Waals surface area (Å²) in [7, 11) is 1.46. The van der Waals surface area contributed by atoms with Gasteiger partial charge in [-0.3, -0.25) is 10.1 Å². The molecule has 1 rings (SSSR count). The topological polar surface area (TPSA) is 61.6 Å². The Bertz CT molecular complexity index is 399. The summed E-state index contributed by atoms with van der Waals surface area (Å²) >= 11 is 5.11. The fourth-order valence-corrected chi connectivity index (χ4v) is 2.15. The van der Waals surface area contributed by atoms with Crippen LogP contribution in [0.3, 0.4) is 0 Å². The Labute approximate surface area is 115 Å². The highest BCUT2D eigenvalue weighted by molar-refractivity contribution is 14.1. The SMILES string of the molecule is COc1c(OCCBr)ccc([N+](=O)[O-])c1I. The summed E-state index contributed by atoms with van der Waals surface area (Å²) < 4.78 is 10.9. The van der Waals surface area contributed by atoms with Crippen molar-refractivity contribution < 1.29 is 14.4 Å². The number of ether oxygens (including phenoxy) is 2. The summed E-state index contributed by atoms with van der Waals surface area (Å²) in [6.45, 7) is 0.476. The van der Waals surface area contributed by atoms with Gasteiger partial charge in [0.2, 0.25) is 0 Å². The first kappa shape index (κ1) is 13.5. The van der Waals surface area contributed by atoms with E-state index in [-0.39, 0.29) is 5.69 Å². The summed E-state index contributed by atoms with van der Waals surface area (Å²) in [4.78, 5) is 10.3. The molecule has 0 fully saturated rings. The Kier molecular flexibility index (Phi) is 5.26. The van der Waals surface area contributed by atoms with Crippen LogP contribution >= 0.6 is 38.5 Å². The van der Waals surface area contributed by atoms with E-state index in [0.717, 1.165) is 0 Å². The van der Waals surface area contributed by atoms with Gasteiger partial charge in [0.25, 0.3) is 5.69 Å². The summed E-state index contributed by atoms with van der Waals surface area (Å²) in [6.07, 6.45) is 0. The summed E-state index contributed by atoms with van der Waals surface area (Å²) in [6, 6.07) is 2.95. The van der Waals surface area contributed by atoms with E-state index < -0.39 is 4.92 Å². The molecule has 0 N–H and O–H groups in total. The second kappa shape index (κ2) is 6.24. The van der Waals surface area contributed by atoms with Gasteiger partial charge in [0, 0.05) is 11.4 Å². The molecule has 0 aromatic heterocycles. The maximum Gasteiger partial charge on any atom is 0.286 e. The third kappa shape index (κ3) is 2.97. The number of hydrogen-bond donors (Lipinski definition) is 0. The van der Waals surface area contributed by atoms with Gasteiger partial charge in [-0.2, -0.15) is 0 Å². The Morgan fingerprint density at radius 3 is 2.75 bits per heavy atom. The van der Waals surface area contributed by atoms with Crippen molar-refractivity contribution in [2.24, 2.45) is 0 Å². The van der Waals surface area contributed by atoms with Crippen molar-refractivity contribution >= 4 is 44.2 Å². The molecular weight excluding hydrogens is 393 g/mol. The Morgan fingerprint density at radius 2 is 2.25 bits per heavy atom. The molecule has 0 spiro atoms. The van der Waals surface area contributed by atoms with Crippen LogP contribution < -0.4 is 9.47 Å². The lowest BCUT2D eigenvalue weighted by Gasteiger charge is -2.11. The molecule has 0 atom stereocenters. The summed E-state index contributed by atoms with van der Waals surface area (Å²) in [5, 5.41) is 11.4. The molecule has 0 aliphatic carbocycles. The van der Waals surface area contributed by atoms with Gasteiger partial charge in [-0.05, 0) is 28.7 Å². The van der Waals surface area contributed by atoms with E-state index in [4.69, 9.17) is 9.47 Å². The number of halogens is 2. The number of alkyl halides is 1. The maximum atomic E-state index is 10.7. The highest BCUT2D eigenvalue weighted by Crippen LogP contribution is 2.37. The van der Waals surface area contributed by atoms with Crippen molar-refractivity contribution in [2.75, 3.05) is 19.0 Å². The van der Waals surface area contributed by atoms with Gasteiger partial charge in [0.15, 0.2) is 11.5 Å². The van der Waals surface area contributed by atoms with Crippen LogP contribution in [0.5, 0.6) is 11.5 Å². The number of methoxy groups -OCH3 is 1. The zero-order valence-electron chi connectivity index (χ0n) is 8.41. The van der Waals surface area contributed by atoms with Gasteiger partial charge < -0.3 is 9.47 Å². The van der Waals surface area contributed by atoms with E-state index in [1.54, 1.807) is 6.07 Å². The first-order valence-electron chi connectivity index (χ1n) is 4.31. The van der Waals surface area contributed by atoms with Crippen LogP contribution in [0.1, 0.15) is 0 Å². The first-order valence-corrected chi connectivity index (χ1v) is 6.51. The van der Waals surface area contributed by atoms with Crippen LogP contribution in [0, 0.1) is 13.7 Å². The van der Waals surface area contributed by atoms with Gasteiger partial charge in [-0.15, -0.1) is 0 Å². The molecule has 5 nitrogen and oxygen atoms in total. The minimum absolute atomic E-state index is 0.0173. The highest BCUT2D eigenvalue weighted by Gasteiger charge is 2.20. The third-order valence-corrected chi connectivity index (χ3v) is 3.14. The van der Waals surface area contributed by atoms with E-state index in [0.29, 0.717) is 27.0 Å². The molecule has 0 bridgehead atoms. The molecule has 16 heavy (non-hydrogen) atoms. The normalized spacial score (nSPS) is 9.94. The molecular formula is C9H9BrINO4. The van der Waals surface area contributed by atoms with Crippen LogP contribution in [-0.2, 0) is 0 Å². The standard InChI is InChI=1S/C9H9BrINO4/c1-15-9-7(16-5-4-10)3-2-6(8(9)11)12(13)14/h2-3H,4-5H2,1H3. The van der Waals surface area contributed by atoms with Crippen molar-refractivity contribution in [1.82, 2.24) is 0 Å². The van der Waals surface area contributed by atoms with Gasteiger partial charge in [-0.1, -0.05) is 15.9 Å². The van der Waals surface area contributed by atoms with Crippen LogP contribution in [0.25, 0.3) is 0 Å². The van der Waals surface area contributed by atoms with Gasteiger partial charge in [-0.25, -0.2) is 0 Å². The maximum absolute atomic E-state index is 10.7. The molecule has 1 aromatic carbocycles. The molecule has 1 aromatic rings. The van der Waals surface area contributed by atoms with E-state index >= 15 is 0 Å². The third-order valence-electron chi connectivity index (χ3n) is 1.78. The van der Waals surface area contributed by atoms with Crippen LogP contribution in [0.15, 0.2) is 12.1 Å². The molecule has 0 amide bonds. The van der Waals surface area contributed by atoms with E-state index in [9.17, 15) is 10.1 Å². The number of hydrogen-bond acceptors (Lipinski definition) is 4. The predicted molar refractivity (Wildman–Crippen MR) is 71.7 cm³/mol. The van der Waals surface area contributed by atoms with Crippen LogP contribution in [0.2, 0.25) is 0 Å². The first-order chi connectivity index (χ1) is 7.61. The number of rotatable bonds is 5. The Hall–Kier alpha value is -0.570. The fraction of sp³-hybridized carbons (Fsp3) is 0.333. The molecule has 88 valence electrons. The van der Waals surface area contributed by atoms with Gasteiger partial charge >= 0.3 is 0 Å². The molecule has 0 aliphatic rings. The second-order valence-corrected chi connectivity index (χ2v) is 4.60. The van der Waals surface area contributed by atoms with Crippen LogP contribution in [0.4, 0.5) is 5.69 Å². The van der Waals surface area contributed by atoms with Gasteiger partial charge in [0.1, 0.15) is 3.57 Å². The monoisotopic (exact) mass is 401 g/mol. The predicted octanol–water partition coefficient (Wildman–Crippen LogP) is 2.98.